The number of ether oxygens (including phenoxy) is 1. The number of hydrogen-bond acceptors (Lipinski definition) is 7. The number of nitrogens with one attached hydrogen (secondary N) is 1. The fraction of sp³-hybridized carbons (Fsp3) is 0.500. The van der Waals surface area contributed by atoms with Crippen molar-refractivity contribution in [3.05, 3.63) is 48.2 Å². The number of amides is 2. The molecule has 1 saturated heterocycles. The SMILES string of the molecule is CC(=O)c1nn(CC(=O)N2[C@@H]3C[C@@H]3C[C@H]2C(=O)NC2CCCCC2(F)F)c2ccc(OCc3ncccn3)cc12. The number of rotatable bonds is 8. The minimum absolute atomic E-state index is 0.0792. The molecular weight excluding hydrogens is 522 g/mol. The van der Waals surface area contributed by atoms with Gasteiger partial charge in [-0.2, -0.15) is 5.10 Å². The van der Waals surface area contributed by atoms with E-state index in [0.717, 1.165) is 6.42 Å². The van der Waals surface area contributed by atoms with Crippen molar-refractivity contribution in [3.8, 4) is 5.75 Å². The number of piperidine rings is 1. The maximum absolute atomic E-state index is 14.4. The van der Waals surface area contributed by atoms with E-state index in [1.165, 1.54) is 11.6 Å². The molecule has 210 valence electrons. The van der Waals surface area contributed by atoms with Gasteiger partial charge >= 0.3 is 0 Å². The van der Waals surface area contributed by atoms with Crippen molar-refractivity contribution in [1.29, 1.82) is 0 Å². The summed E-state index contributed by atoms with van der Waals surface area (Å²) in [6.45, 7) is 1.35. The van der Waals surface area contributed by atoms with Crippen LogP contribution >= 0.6 is 0 Å². The molecule has 3 aromatic rings. The third-order valence-electron chi connectivity index (χ3n) is 8.10. The van der Waals surface area contributed by atoms with Crippen LogP contribution < -0.4 is 10.1 Å². The van der Waals surface area contributed by atoms with Gasteiger partial charge in [0.15, 0.2) is 11.6 Å². The predicted molar refractivity (Wildman–Crippen MR) is 139 cm³/mol. The molecule has 1 unspecified atom stereocenters. The van der Waals surface area contributed by atoms with Crippen molar-refractivity contribution in [3.63, 3.8) is 0 Å². The summed E-state index contributed by atoms with van der Waals surface area (Å²) in [5, 5.41) is 7.50. The van der Waals surface area contributed by atoms with Crippen molar-refractivity contribution in [2.45, 2.75) is 82.6 Å². The van der Waals surface area contributed by atoms with E-state index in [-0.39, 0.29) is 55.3 Å². The first-order chi connectivity index (χ1) is 19.2. The van der Waals surface area contributed by atoms with Crippen LogP contribution in [0.2, 0.25) is 0 Å². The molecule has 2 aromatic heterocycles. The monoisotopic (exact) mass is 552 g/mol. The molecule has 6 rings (SSSR count). The molecule has 0 radical (unpaired) electrons. The van der Waals surface area contributed by atoms with Gasteiger partial charge in [0, 0.05) is 37.2 Å². The second-order valence-electron chi connectivity index (χ2n) is 10.9. The summed E-state index contributed by atoms with van der Waals surface area (Å²) in [6.07, 6.45) is 5.55. The van der Waals surface area contributed by atoms with Gasteiger partial charge in [0.25, 0.3) is 5.92 Å². The molecule has 3 heterocycles. The first kappa shape index (κ1) is 26.3. The predicted octanol–water partition coefficient (Wildman–Crippen LogP) is 3.29. The standard InChI is InChI=1S/C28H30F2N6O4/c1-16(37)26-19-13-18(40-15-24-31-9-4-10-32-24)6-7-20(19)35(34-26)14-25(38)36-21-11-17(21)12-22(36)27(39)33-23-5-2-3-8-28(23,29)30/h4,6-7,9-10,13,17,21-23H,2-3,5,8,11-12,14-15H2,1H3,(H,33,39)/t17-,21-,22+,23?/m1/s1. The summed E-state index contributed by atoms with van der Waals surface area (Å²) >= 11 is 0. The van der Waals surface area contributed by atoms with Crippen molar-refractivity contribution in [2.24, 2.45) is 5.92 Å². The lowest BCUT2D eigenvalue weighted by atomic mass is 9.91. The topological polar surface area (TPSA) is 119 Å². The van der Waals surface area contributed by atoms with Crippen LogP contribution in [0.3, 0.4) is 0 Å². The van der Waals surface area contributed by atoms with E-state index in [4.69, 9.17) is 4.74 Å². The molecule has 2 amide bonds. The van der Waals surface area contributed by atoms with Crippen LogP contribution in [0.4, 0.5) is 8.78 Å². The zero-order valence-corrected chi connectivity index (χ0v) is 22.1. The van der Waals surface area contributed by atoms with Gasteiger partial charge in [0.05, 0.1) is 11.6 Å². The average Bonchev–Trinajstić information content (AvgIpc) is 3.44. The Labute approximate surface area is 229 Å². The van der Waals surface area contributed by atoms with Gasteiger partial charge < -0.3 is 15.0 Å². The molecule has 1 aromatic carbocycles. The molecule has 12 heteroatoms. The molecule has 0 bridgehead atoms. The first-order valence-corrected chi connectivity index (χ1v) is 13.6. The van der Waals surface area contributed by atoms with Crippen LogP contribution in [-0.2, 0) is 22.7 Å². The second kappa shape index (κ2) is 10.2. The molecule has 1 N–H and O–H groups in total. The summed E-state index contributed by atoms with van der Waals surface area (Å²) in [4.78, 5) is 48.9. The lowest BCUT2D eigenvalue weighted by Gasteiger charge is -2.34. The van der Waals surface area contributed by atoms with Gasteiger partial charge in [0.2, 0.25) is 11.8 Å². The molecular formula is C28H30F2N6O4. The normalized spacial score (nSPS) is 24.9. The smallest absolute Gasteiger partial charge is 0.267 e. The number of ketones is 1. The number of fused-ring (bicyclic) bond motifs is 2. The Bertz CT molecular complexity index is 1460. The number of Topliss-reactive ketones (excluding diaryl/α,β-unsaturated/α-hetero) is 1. The Hall–Kier alpha value is -3.96. The summed E-state index contributed by atoms with van der Waals surface area (Å²) in [7, 11) is 0. The van der Waals surface area contributed by atoms with E-state index in [9.17, 15) is 23.2 Å². The number of aromatic nitrogens is 4. The van der Waals surface area contributed by atoms with E-state index in [1.54, 1.807) is 41.6 Å². The van der Waals surface area contributed by atoms with Crippen LogP contribution in [-0.4, -0.2) is 66.3 Å². The molecule has 0 spiro atoms. The van der Waals surface area contributed by atoms with Gasteiger partial charge in [-0.15, -0.1) is 0 Å². The van der Waals surface area contributed by atoms with Gasteiger partial charge in [0.1, 0.15) is 30.6 Å². The van der Waals surface area contributed by atoms with Gasteiger partial charge in [-0.1, -0.05) is 6.42 Å². The molecule has 1 aliphatic heterocycles. The third kappa shape index (κ3) is 5.02. The Kier molecular flexibility index (Phi) is 6.71. The Balaban J connectivity index is 1.19. The third-order valence-corrected chi connectivity index (χ3v) is 8.10. The number of alkyl halides is 2. The quantitative estimate of drug-likeness (QED) is 0.426. The Morgan fingerprint density at radius 3 is 2.70 bits per heavy atom. The number of hydrogen-bond donors (Lipinski definition) is 1. The fourth-order valence-electron chi connectivity index (χ4n) is 5.98. The van der Waals surface area contributed by atoms with Crippen LogP contribution in [0.1, 0.15) is 61.8 Å². The lowest BCUT2D eigenvalue weighted by Crippen LogP contribution is -2.55. The highest BCUT2D eigenvalue weighted by atomic mass is 19.3. The molecule has 3 fully saturated rings. The van der Waals surface area contributed by atoms with E-state index < -0.39 is 23.9 Å². The van der Waals surface area contributed by atoms with E-state index in [1.807, 2.05) is 0 Å². The zero-order chi connectivity index (χ0) is 28.0. The number of benzene rings is 1. The average molecular weight is 553 g/mol. The number of halogens is 2. The van der Waals surface area contributed by atoms with Crippen LogP contribution in [0.5, 0.6) is 5.75 Å². The van der Waals surface area contributed by atoms with Crippen LogP contribution in [0.25, 0.3) is 10.9 Å². The minimum atomic E-state index is -2.95. The fourth-order valence-corrected chi connectivity index (χ4v) is 5.98. The van der Waals surface area contributed by atoms with Crippen LogP contribution in [0.15, 0.2) is 36.7 Å². The van der Waals surface area contributed by atoms with Crippen LogP contribution in [0, 0.1) is 5.92 Å². The number of carbonyl (C=O) groups is 3. The maximum Gasteiger partial charge on any atom is 0.267 e. The summed E-state index contributed by atoms with van der Waals surface area (Å²) in [5.41, 5.74) is 0.764. The summed E-state index contributed by atoms with van der Waals surface area (Å²) in [5.74, 6) is -2.88. The Morgan fingerprint density at radius 2 is 1.95 bits per heavy atom. The largest absolute Gasteiger partial charge is 0.486 e. The Morgan fingerprint density at radius 1 is 1.15 bits per heavy atom. The van der Waals surface area contributed by atoms with Gasteiger partial charge in [-0.3, -0.25) is 19.1 Å². The highest BCUT2D eigenvalue weighted by Gasteiger charge is 2.56. The molecule has 4 atom stereocenters. The maximum atomic E-state index is 14.4. The summed E-state index contributed by atoms with van der Waals surface area (Å²) in [6, 6.07) is 4.76. The number of likely N-dealkylation sites (tertiary alicyclic amines) is 1. The highest BCUT2D eigenvalue weighted by Crippen LogP contribution is 2.48. The van der Waals surface area contributed by atoms with Gasteiger partial charge in [-0.25, -0.2) is 18.7 Å². The highest BCUT2D eigenvalue weighted by molar-refractivity contribution is 6.05. The summed E-state index contributed by atoms with van der Waals surface area (Å²) < 4.78 is 36.0. The van der Waals surface area contributed by atoms with Crippen molar-refractivity contribution >= 4 is 28.5 Å². The van der Waals surface area contributed by atoms with Crippen molar-refractivity contribution in [1.82, 2.24) is 30.0 Å². The molecule has 2 saturated carbocycles. The second-order valence-corrected chi connectivity index (χ2v) is 10.9. The molecule has 3 aliphatic rings. The lowest BCUT2D eigenvalue weighted by molar-refractivity contribution is -0.142. The van der Waals surface area contributed by atoms with Gasteiger partial charge in [-0.05, 0) is 55.9 Å². The van der Waals surface area contributed by atoms with E-state index >= 15 is 0 Å². The van der Waals surface area contributed by atoms with E-state index in [0.29, 0.717) is 41.7 Å². The number of nitrogens with zero attached hydrogens (tertiary/aromatic N) is 5. The molecule has 2 aliphatic carbocycles. The number of carbonyl (C=O) groups excluding carboxylic acids is 3. The minimum Gasteiger partial charge on any atom is -0.486 e. The molecule has 40 heavy (non-hydrogen) atoms. The van der Waals surface area contributed by atoms with E-state index in [2.05, 4.69) is 20.4 Å². The zero-order valence-electron chi connectivity index (χ0n) is 22.1. The first-order valence-electron chi connectivity index (χ1n) is 13.6. The van der Waals surface area contributed by atoms with Crippen molar-refractivity contribution < 1.29 is 27.9 Å². The molecule has 10 nitrogen and oxygen atoms in total. The van der Waals surface area contributed by atoms with Crippen molar-refractivity contribution in [2.75, 3.05) is 0 Å².